The van der Waals surface area contributed by atoms with Crippen LogP contribution in [0.1, 0.15) is 24.8 Å². The first kappa shape index (κ1) is 13.0. The molecule has 0 aromatic carbocycles. The number of hydrogen-bond donors (Lipinski definition) is 1. The largest absolute Gasteiger partial charge is 0.374 e. The molecule has 0 saturated carbocycles. The highest BCUT2D eigenvalue weighted by atomic mass is 32.1. The lowest BCUT2D eigenvalue weighted by Gasteiger charge is -2.29. The van der Waals surface area contributed by atoms with Gasteiger partial charge in [0.15, 0.2) is 5.01 Å². The minimum Gasteiger partial charge on any atom is -0.374 e. The third-order valence-electron chi connectivity index (χ3n) is 3.44. The van der Waals surface area contributed by atoms with E-state index in [2.05, 4.69) is 27.0 Å². The van der Waals surface area contributed by atoms with Gasteiger partial charge in [-0.3, -0.25) is 4.90 Å². The second-order valence-corrected chi connectivity index (χ2v) is 7.15. The van der Waals surface area contributed by atoms with Gasteiger partial charge in [-0.05, 0) is 31.8 Å². The molecule has 2 aromatic rings. The number of rotatable bonds is 3. The number of piperidine rings is 1. The Morgan fingerprint density at radius 3 is 2.79 bits per heavy atom. The van der Waals surface area contributed by atoms with Crippen LogP contribution >= 0.6 is 22.7 Å². The van der Waals surface area contributed by atoms with Crippen molar-refractivity contribution in [2.24, 2.45) is 5.92 Å². The SMILES string of the molecule is CC1CCN(Cc2ncc(-c3nnc(N)s3)s2)CC1. The Bertz CT molecular complexity index is 542. The van der Waals surface area contributed by atoms with Crippen LogP contribution in [0.15, 0.2) is 6.20 Å². The Balaban J connectivity index is 1.65. The third kappa shape index (κ3) is 3.10. The van der Waals surface area contributed by atoms with E-state index in [0.29, 0.717) is 5.13 Å². The van der Waals surface area contributed by atoms with Crippen LogP contribution in [0.2, 0.25) is 0 Å². The molecule has 1 aliphatic heterocycles. The highest BCUT2D eigenvalue weighted by Crippen LogP contribution is 2.30. The van der Waals surface area contributed by atoms with E-state index in [4.69, 9.17) is 5.73 Å². The molecule has 1 saturated heterocycles. The van der Waals surface area contributed by atoms with Crippen molar-refractivity contribution < 1.29 is 0 Å². The average molecular weight is 295 g/mol. The van der Waals surface area contributed by atoms with Crippen LogP contribution < -0.4 is 5.73 Å². The lowest BCUT2D eigenvalue weighted by molar-refractivity contribution is 0.185. The highest BCUT2D eigenvalue weighted by Gasteiger charge is 2.17. The number of hydrogen-bond acceptors (Lipinski definition) is 7. The zero-order valence-electron chi connectivity index (χ0n) is 10.9. The third-order valence-corrected chi connectivity index (χ3v) is 5.34. The van der Waals surface area contributed by atoms with E-state index in [0.717, 1.165) is 27.4 Å². The van der Waals surface area contributed by atoms with Crippen molar-refractivity contribution in [1.82, 2.24) is 20.1 Å². The maximum absolute atomic E-state index is 5.61. The van der Waals surface area contributed by atoms with E-state index in [1.807, 2.05) is 6.20 Å². The van der Waals surface area contributed by atoms with E-state index in [-0.39, 0.29) is 0 Å². The van der Waals surface area contributed by atoms with Crippen LogP contribution in [-0.2, 0) is 6.54 Å². The Labute approximate surface area is 120 Å². The average Bonchev–Trinajstić information content (AvgIpc) is 3.01. The molecule has 0 aliphatic carbocycles. The molecule has 1 aliphatic rings. The van der Waals surface area contributed by atoms with E-state index in [1.54, 1.807) is 11.3 Å². The fraction of sp³-hybridized carbons (Fsp3) is 0.583. The van der Waals surface area contributed by atoms with Gasteiger partial charge >= 0.3 is 0 Å². The van der Waals surface area contributed by atoms with Crippen molar-refractivity contribution in [3.8, 4) is 9.88 Å². The van der Waals surface area contributed by atoms with Crippen molar-refractivity contribution in [2.45, 2.75) is 26.3 Å². The summed E-state index contributed by atoms with van der Waals surface area (Å²) >= 11 is 3.11. The van der Waals surface area contributed by atoms with Crippen molar-refractivity contribution in [2.75, 3.05) is 18.8 Å². The summed E-state index contributed by atoms with van der Waals surface area (Å²) in [6.45, 7) is 5.65. The van der Waals surface area contributed by atoms with Gasteiger partial charge in [0.2, 0.25) is 5.13 Å². The summed E-state index contributed by atoms with van der Waals surface area (Å²) in [4.78, 5) is 8.04. The molecular weight excluding hydrogens is 278 g/mol. The number of likely N-dealkylation sites (tertiary alicyclic amines) is 1. The van der Waals surface area contributed by atoms with Gasteiger partial charge in [0.1, 0.15) is 5.01 Å². The molecular formula is C12H17N5S2. The van der Waals surface area contributed by atoms with Crippen molar-refractivity contribution >= 4 is 27.8 Å². The second-order valence-electron chi connectivity index (χ2n) is 5.02. The van der Waals surface area contributed by atoms with Crippen molar-refractivity contribution in [3.63, 3.8) is 0 Å². The van der Waals surface area contributed by atoms with Gasteiger partial charge in [-0.25, -0.2) is 4.98 Å². The van der Waals surface area contributed by atoms with Crippen LogP contribution in [0.25, 0.3) is 9.88 Å². The fourth-order valence-corrected chi connectivity index (χ4v) is 3.83. The van der Waals surface area contributed by atoms with Gasteiger partial charge in [-0.15, -0.1) is 21.5 Å². The molecule has 0 radical (unpaired) electrons. The van der Waals surface area contributed by atoms with Crippen molar-refractivity contribution in [3.05, 3.63) is 11.2 Å². The number of aromatic nitrogens is 3. The smallest absolute Gasteiger partial charge is 0.203 e. The molecule has 5 nitrogen and oxygen atoms in total. The summed E-state index contributed by atoms with van der Waals surface area (Å²) in [5, 5.41) is 10.4. The topological polar surface area (TPSA) is 67.9 Å². The molecule has 0 amide bonds. The number of thiazole rings is 1. The lowest BCUT2D eigenvalue weighted by Crippen LogP contribution is -2.32. The molecule has 2 N–H and O–H groups in total. The summed E-state index contributed by atoms with van der Waals surface area (Å²) in [5.74, 6) is 0.868. The molecule has 3 heterocycles. The maximum atomic E-state index is 5.61. The molecule has 0 bridgehead atoms. The second kappa shape index (κ2) is 5.52. The van der Waals surface area contributed by atoms with E-state index in [1.165, 1.54) is 37.3 Å². The van der Waals surface area contributed by atoms with Gasteiger partial charge in [0, 0.05) is 6.20 Å². The number of nitrogens with zero attached hydrogens (tertiary/aromatic N) is 4. The lowest BCUT2D eigenvalue weighted by atomic mass is 9.99. The zero-order chi connectivity index (χ0) is 13.2. The number of nitrogens with two attached hydrogens (primary N) is 1. The normalized spacial score (nSPS) is 17.9. The molecule has 2 aromatic heterocycles. The molecule has 0 unspecified atom stereocenters. The van der Waals surface area contributed by atoms with Crippen LogP contribution in [-0.4, -0.2) is 33.2 Å². The Morgan fingerprint density at radius 2 is 2.11 bits per heavy atom. The molecule has 1 fully saturated rings. The maximum Gasteiger partial charge on any atom is 0.203 e. The predicted octanol–water partition coefficient (Wildman–Crippen LogP) is 2.48. The number of nitrogen functional groups attached to an aromatic ring is 1. The Morgan fingerprint density at radius 1 is 1.32 bits per heavy atom. The summed E-state index contributed by atoms with van der Waals surface area (Å²) in [5.41, 5.74) is 5.61. The Kier molecular flexibility index (Phi) is 3.76. The monoisotopic (exact) mass is 295 g/mol. The fourth-order valence-electron chi connectivity index (χ4n) is 2.23. The van der Waals surface area contributed by atoms with E-state index in [9.17, 15) is 0 Å². The Hall–Kier alpha value is -1.05. The summed E-state index contributed by atoms with van der Waals surface area (Å²) in [6, 6.07) is 0. The minimum absolute atomic E-state index is 0.509. The van der Waals surface area contributed by atoms with Gasteiger partial charge in [0.25, 0.3) is 0 Å². The van der Waals surface area contributed by atoms with Gasteiger partial charge in [0.05, 0.1) is 11.4 Å². The standard InChI is InChI=1S/C12H17N5S2/c1-8-2-4-17(5-3-8)7-10-14-6-9(18-10)11-15-16-12(13)19-11/h6,8H,2-5,7H2,1H3,(H2,13,16). The molecule has 3 rings (SSSR count). The van der Waals surface area contributed by atoms with E-state index < -0.39 is 0 Å². The van der Waals surface area contributed by atoms with Crippen LogP contribution in [0.3, 0.4) is 0 Å². The first-order valence-electron chi connectivity index (χ1n) is 6.47. The highest BCUT2D eigenvalue weighted by molar-refractivity contribution is 7.23. The number of anilines is 1. The quantitative estimate of drug-likeness (QED) is 0.942. The van der Waals surface area contributed by atoms with Crippen LogP contribution in [0, 0.1) is 5.92 Å². The zero-order valence-corrected chi connectivity index (χ0v) is 12.5. The van der Waals surface area contributed by atoms with Crippen LogP contribution in [0.4, 0.5) is 5.13 Å². The van der Waals surface area contributed by atoms with Crippen molar-refractivity contribution in [1.29, 1.82) is 0 Å². The first-order valence-corrected chi connectivity index (χ1v) is 8.10. The van der Waals surface area contributed by atoms with Gasteiger partial charge in [-0.2, -0.15) is 0 Å². The summed E-state index contributed by atoms with van der Waals surface area (Å²) in [6.07, 6.45) is 4.48. The van der Waals surface area contributed by atoms with Crippen LogP contribution in [0.5, 0.6) is 0 Å². The summed E-state index contributed by atoms with van der Waals surface area (Å²) in [7, 11) is 0. The van der Waals surface area contributed by atoms with Gasteiger partial charge < -0.3 is 5.73 Å². The minimum atomic E-state index is 0.509. The molecule has 102 valence electrons. The van der Waals surface area contributed by atoms with Gasteiger partial charge in [-0.1, -0.05) is 18.3 Å². The summed E-state index contributed by atoms with van der Waals surface area (Å²) < 4.78 is 0. The molecule has 7 heteroatoms. The molecule has 0 spiro atoms. The van der Waals surface area contributed by atoms with E-state index >= 15 is 0 Å². The predicted molar refractivity (Wildman–Crippen MR) is 79.1 cm³/mol. The molecule has 19 heavy (non-hydrogen) atoms. The molecule has 0 atom stereocenters. The first-order chi connectivity index (χ1) is 9.20.